The van der Waals surface area contributed by atoms with Crippen molar-refractivity contribution in [1.82, 2.24) is 0 Å². The standard InChI is InChI=1S/C14H16Cl3NO/c1-14(2)12(7-3-4-19-13(7)14)18-11-6-9(16)8(15)5-10(11)17/h5-7,12-13,18H,3-4H2,1-2H3. The molecular weight excluding hydrogens is 305 g/mol. The highest BCUT2D eigenvalue weighted by atomic mass is 35.5. The average molecular weight is 321 g/mol. The number of halogens is 3. The van der Waals surface area contributed by atoms with Gasteiger partial charge in [0.05, 0.1) is 26.9 Å². The quantitative estimate of drug-likeness (QED) is 0.785. The van der Waals surface area contributed by atoms with Crippen molar-refractivity contribution in [2.45, 2.75) is 32.4 Å². The molecule has 1 aliphatic heterocycles. The van der Waals surface area contributed by atoms with E-state index in [4.69, 9.17) is 39.5 Å². The van der Waals surface area contributed by atoms with Crippen molar-refractivity contribution in [1.29, 1.82) is 0 Å². The molecule has 1 saturated carbocycles. The van der Waals surface area contributed by atoms with E-state index in [-0.39, 0.29) is 5.41 Å². The average Bonchev–Trinajstić information content (AvgIpc) is 2.78. The molecule has 1 aromatic carbocycles. The molecule has 0 aromatic heterocycles. The smallest absolute Gasteiger partial charge is 0.0694 e. The molecule has 3 rings (SSSR count). The minimum absolute atomic E-state index is 0.108. The molecule has 0 bridgehead atoms. The van der Waals surface area contributed by atoms with E-state index in [1.54, 1.807) is 12.1 Å². The van der Waals surface area contributed by atoms with Gasteiger partial charge in [0.1, 0.15) is 0 Å². The molecule has 2 nitrogen and oxygen atoms in total. The summed E-state index contributed by atoms with van der Waals surface area (Å²) in [6.45, 7) is 5.30. The second-order valence-corrected chi connectivity index (χ2v) is 7.16. The molecule has 2 fully saturated rings. The van der Waals surface area contributed by atoms with Crippen LogP contribution in [0.1, 0.15) is 20.3 Å². The Morgan fingerprint density at radius 1 is 1.16 bits per heavy atom. The van der Waals surface area contributed by atoms with Crippen molar-refractivity contribution in [3.05, 3.63) is 27.2 Å². The minimum Gasteiger partial charge on any atom is -0.380 e. The van der Waals surface area contributed by atoms with E-state index in [0.717, 1.165) is 18.7 Å². The first kappa shape index (κ1) is 13.8. The molecule has 2 aliphatic rings. The number of hydrogen-bond donors (Lipinski definition) is 1. The molecule has 1 N–H and O–H groups in total. The Bertz CT molecular complexity index is 518. The lowest BCUT2D eigenvalue weighted by atomic mass is 9.57. The summed E-state index contributed by atoms with van der Waals surface area (Å²) in [5.74, 6) is 0.556. The Morgan fingerprint density at radius 3 is 2.58 bits per heavy atom. The molecule has 19 heavy (non-hydrogen) atoms. The highest BCUT2D eigenvalue weighted by Gasteiger charge is 2.59. The molecule has 3 unspecified atom stereocenters. The van der Waals surface area contributed by atoms with Crippen molar-refractivity contribution in [3.63, 3.8) is 0 Å². The van der Waals surface area contributed by atoms with E-state index < -0.39 is 0 Å². The lowest BCUT2D eigenvalue weighted by Crippen LogP contribution is -2.63. The third kappa shape index (κ3) is 2.13. The van der Waals surface area contributed by atoms with Crippen LogP contribution in [0.3, 0.4) is 0 Å². The molecule has 1 heterocycles. The van der Waals surface area contributed by atoms with Crippen LogP contribution in [0.2, 0.25) is 15.1 Å². The van der Waals surface area contributed by atoms with Gasteiger partial charge in [-0.15, -0.1) is 0 Å². The van der Waals surface area contributed by atoms with Crippen LogP contribution in [0.15, 0.2) is 12.1 Å². The maximum absolute atomic E-state index is 6.23. The fourth-order valence-corrected chi connectivity index (χ4v) is 4.02. The van der Waals surface area contributed by atoms with Crippen molar-refractivity contribution in [2.75, 3.05) is 11.9 Å². The molecule has 104 valence electrons. The maximum Gasteiger partial charge on any atom is 0.0694 e. The number of hydrogen-bond acceptors (Lipinski definition) is 2. The molecule has 3 atom stereocenters. The van der Waals surface area contributed by atoms with E-state index in [1.807, 2.05) is 0 Å². The van der Waals surface area contributed by atoms with Crippen molar-refractivity contribution >= 4 is 40.5 Å². The summed E-state index contributed by atoms with van der Waals surface area (Å²) in [7, 11) is 0. The van der Waals surface area contributed by atoms with E-state index in [9.17, 15) is 0 Å². The van der Waals surface area contributed by atoms with Crippen LogP contribution < -0.4 is 5.32 Å². The first-order chi connectivity index (χ1) is 8.91. The Labute approximate surface area is 128 Å². The van der Waals surface area contributed by atoms with Gasteiger partial charge in [0.2, 0.25) is 0 Å². The van der Waals surface area contributed by atoms with Gasteiger partial charge < -0.3 is 10.1 Å². The van der Waals surface area contributed by atoms with E-state index in [1.165, 1.54) is 0 Å². The van der Waals surface area contributed by atoms with Gasteiger partial charge in [-0.05, 0) is 18.6 Å². The Morgan fingerprint density at radius 2 is 1.84 bits per heavy atom. The monoisotopic (exact) mass is 319 g/mol. The molecule has 0 radical (unpaired) electrons. The maximum atomic E-state index is 6.23. The van der Waals surface area contributed by atoms with Crippen molar-refractivity contribution in [2.24, 2.45) is 11.3 Å². The van der Waals surface area contributed by atoms with Gasteiger partial charge in [-0.1, -0.05) is 48.7 Å². The predicted octanol–water partition coefficient (Wildman–Crippen LogP) is 4.87. The van der Waals surface area contributed by atoms with Gasteiger partial charge in [-0.25, -0.2) is 0 Å². The number of rotatable bonds is 2. The van der Waals surface area contributed by atoms with Gasteiger partial charge in [-0.2, -0.15) is 0 Å². The van der Waals surface area contributed by atoms with Gasteiger partial charge in [-0.3, -0.25) is 0 Å². The Kier molecular flexibility index (Phi) is 3.41. The molecule has 0 amide bonds. The van der Waals surface area contributed by atoms with Gasteiger partial charge in [0.25, 0.3) is 0 Å². The SMILES string of the molecule is CC1(C)C(Nc2cc(Cl)c(Cl)cc2Cl)C2CCOC21. The fourth-order valence-electron chi connectivity index (χ4n) is 3.42. The zero-order valence-electron chi connectivity index (χ0n) is 10.8. The highest BCUT2D eigenvalue weighted by Crippen LogP contribution is 2.53. The third-order valence-electron chi connectivity index (χ3n) is 4.42. The van der Waals surface area contributed by atoms with Gasteiger partial charge in [0, 0.05) is 24.0 Å². The number of benzene rings is 1. The third-order valence-corrected chi connectivity index (χ3v) is 5.46. The highest BCUT2D eigenvalue weighted by molar-refractivity contribution is 6.44. The summed E-state index contributed by atoms with van der Waals surface area (Å²) in [5, 5.41) is 5.12. The summed E-state index contributed by atoms with van der Waals surface area (Å²) in [6, 6.07) is 3.84. The number of fused-ring (bicyclic) bond motifs is 1. The molecule has 5 heteroatoms. The van der Waals surface area contributed by atoms with Crippen LogP contribution in [0.4, 0.5) is 5.69 Å². The van der Waals surface area contributed by atoms with E-state index >= 15 is 0 Å². The van der Waals surface area contributed by atoms with Crippen LogP contribution in [-0.4, -0.2) is 18.8 Å². The Hall–Kier alpha value is -0.150. The number of nitrogens with one attached hydrogen (secondary N) is 1. The van der Waals surface area contributed by atoms with Crippen LogP contribution in [0.25, 0.3) is 0 Å². The van der Waals surface area contributed by atoms with Crippen molar-refractivity contribution < 1.29 is 4.74 Å². The van der Waals surface area contributed by atoms with Crippen molar-refractivity contribution in [3.8, 4) is 0 Å². The van der Waals surface area contributed by atoms with Crippen LogP contribution in [0, 0.1) is 11.3 Å². The predicted molar refractivity (Wildman–Crippen MR) is 80.5 cm³/mol. The first-order valence-corrected chi connectivity index (χ1v) is 7.57. The first-order valence-electron chi connectivity index (χ1n) is 6.44. The van der Waals surface area contributed by atoms with Gasteiger partial charge >= 0.3 is 0 Å². The normalized spacial score (nSPS) is 31.7. The van der Waals surface area contributed by atoms with Crippen LogP contribution in [-0.2, 0) is 4.74 Å². The lowest BCUT2D eigenvalue weighted by molar-refractivity contribution is -0.0923. The second kappa shape index (κ2) is 4.70. The van der Waals surface area contributed by atoms with E-state index in [2.05, 4.69) is 19.2 Å². The molecule has 1 saturated heterocycles. The van der Waals surface area contributed by atoms with E-state index in [0.29, 0.717) is 33.1 Å². The topological polar surface area (TPSA) is 21.3 Å². The van der Waals surface area contributed by atoms with Gasteiger partial charge in [0.15, 0.2) is 0 Å². The summed E-state index contributed by atoms with van der Waals surface area (Å²) in [6.07, 6.45) is 1.46. The number of ether oxygens (including phenoxy) is 1. The summed E-state index contributed by atoms with van der Waals surface area (Å²) >= 11 is 18.2. The summed E-state index contributed by atoms with van der Waals surface area (Å²) in [5.41, 5.74) is 0.954. The Balaban J connectivity index is 1.84. The zero-order valence-corrected chi connectivity index (χ0v) is 13.1. The largest absolute Gasteiger partial charge is 0.380 e. The summed E-state index contributed by atoms with van der Waals surface area (Å²) < 4.78 is 5.79. The molecule has 1 aliphatic carbocycles. The molecule has 0 spiro atoms. The number of anilines is 1. The van der Waals surface area contributed by atoms with Crippen LogP contribution in [0.5, 0.6) is 0 Å². The minimum atomic E-state index is 0.108. The second-order valence-electron chi connectivity index (χ2n) is 5.93. The summed E-state index contributed by atoms with van der Waals surface area (Å²) in [4.78, 5) is 0. The fraction of sp³-hybridized carbons (Fsp3) is 0.571. The molecular formula is C14H16Cl3NO. The van der Waals surface area contributed by atoms with Crippen LogP contribution >= 0.6 is 34.8 Å². The lowest BCUT2D eigenvalue weighted by Gasteiger charge is -2.55. The molecule has 1 aromatic rings. The zero-order chi connectivity index (χ0) is 13.8.